The summed E-state index contributed by atoms with van der Waals surface area (Å²) in [5.74, 6) is 1.08. The molecule has 98 valence electrons. The molecule has 2 nitrogen and oxygen atoms in total. The zero-order chi connectivity index (χ0) is 12.2. The van der Waals surface area contributed by atoms with Crippen LogP contribution in [0.1, 0.15) is 50.5 Å². The monoisotopic (exact) mass is 245 g/mol. The summed E-state index contributed by atoms with van der Waals surface area (Å²) in [5.41, 5.74) is 2.65. The van der Waals surface area contributed by atoms with Crippen LogP contribution in [0, 0.1) is 0 Å². The van der Waals surface area contributed by atoms with Gasteiger partial charge in [-0.3, -0.25) is 0 Å². The molecule has 1 N–H and O–H groups in total. The lowest BCUT2D eigenvalue weighted by Crippen LogP contribution is -2.20. The summed E-state index contributed by atoms with van der Waals surface area (Å²) < 4.78 is 5.55. The van der Waals surface area contributed by atoms with Gasteiger partial charge in [-0.2, -0.15) is 0 Å². The standard InChI is InChI=1S/C16H23NO/c1-2-4-6-14(7-5-3-1)17-15-8-9-16-13(12-15)10-11-18-16/h8-9,12,14,17H,1-7,10-11H2. The Morgan fingerprint density at radius 1 is 1.00 bits per heavy atom. The molecule has 1 fully saturated rings. The van der Waals surface area contributed by atoms with E-state index in [1.807, 2.05) is 0 Å². The first-order valence-electron chi connectivity index (χ1n) is 7.44. The molecule has 0 atom stereocenters. The minimum absolute atomic E-state index is 0.672. The van der Waals surface area contributed by atoms with E-state index in [2.05, 4.69) is 23.5 Å². The molecule has 18 heavy (non-hydrogen) atoms. The highest BCUT2D eigenvalue weighted by atomic mass is 16.5. The van der Waals surface area contributed by atoms with Crippen molar-refractivity contribution in [3.05, 3.63) is 23.8 Å². The van der Waals surface area contributed by atoms with E-state index < -0.39 is 0 Å². The zero-order valence-electron chi connectivity index (χ0n) is 11.1. The van der Waals surface area contributed by atoms with Crippen molar-refractivity contribution in [2.45, 2.75) is 57.4 Å². The second-order valence-corrected chi connectivity index (χ2v) is 5.61. The topological polar surface area (TPSA) is 21.3 Å². The molecule has 1 aromatic rings. The fraction of sp³-hybridized carbons (Fsp3) is 0.625. The van der Waals surface area contributed by atoms with E-state index in [4.69, 9.17) is 4.74 Å². The Bertz CT molecular complexity index is 394. The van der Waals surface area contributed by atoms with E-state index in [0.717, 1.165) is 18.8 Å². The number of nitrogens with one attached hydrogen (secondary N) is 1. The first kappa shape index (κ1) is 11.9. The van der Waals surface area contributed by atoms with Gasteiger partial charge in [0.15, 0.2) is 0 Å². The molecule has 0 radical (unpaired) electrons. The molecule has 1 heterocycles. The van der Waals surface area contributed by atoms with Crippen molar-refractivity contribution >= 4 is 5.69 Å². The third-order valence-electron chi connectivity index (χ3n) is 4.17. The Balaban J connectivity index is 1.64. The minimum Gasteiger partial charge on any atom is -0.493 e. The van der Waals surface area contributed by atoms with Crippen LogP contribution in [0.25, 0.3) is 0 Å². The molecular formula is C16H23NO. The maximum atomic E-state index is 5.55. The van der Waals surface area contributed by atoms with Crippen LogP contribution >= 0.6 is 0 Å². The quantitative estimate of drug-likeness (QED) is 0.845. The summed E-state index contributed by atoms with van der Waals surface area (Å²) in [6, 6.07) is 7.24. The van der Waals surface area contributed by atoms with E-state index in [1.165, 1.54) is 56.2 Å². The molecule has 0 aromatic heterocycles. The van der Waals surface area contributed by atoms with Gasteiger partial charge in [-0.25, -0.2) is 0 Å². The highest BCUT2D eigenvalue weighted by Crippen LogP contribution is 2.29. The fourth-order valence-electron chi connectivity index (χ4n) is 3.11. The maximum absolute atomic E-state index is 5.55. The molecular weight excluding hydrogens is 222 g/mol. The number of hydrogen-bond donors (Lipinski definition) is 1. The van der Waals surface area contributed by atoms with Crippen molar-refractivity contribution in [2.24, 2.45) is 0 Å². The van der Waals surface area contributed by atoms with Gasteiger partial charge in [0.05, 0.1) is 6.61 Å². The van der Waals surface area contributed by atoms with Crippen molar-refractivity contribution in [1.82, 2.24) is 0 Å². The van der Waals surface area contributed by atoms with E-state index >= 15 is 0 Å². The highest BCUT2D eigenvalue weighted by molar-refractivity contribution is 5.52. The molecule has 0 bridgehead atoms. The summed E-state index contributed by atoms with van der Waals surface area (Å²) in [7, 11) is 0. The molecule has 0 amide bonds. The number of rotatable bonds is 2. The predicted molar refractivity (Wildman–Crippen MR) is 75.4 cm³/mol. The summed E-state index contributed by atoms with van der Waals surface area (Å²) in [6.45, 7) is 0.849. The lowest BCUT2D eigenvalue weighted by Gasteiger charge is -2.22. The van der Waals surface area contributed by atoms with E-state index in [-0.39, 0.29) is 0 Å². The number of ether oxygens (including phenoxy) is 1. The van der Waals surface area contributed by atoms with Gasteiger partial charge in [0.2, 0.25) is 0 Å². The van der Waals surface area contributed by atoms with Crippen LogP contribution in [-0.4, -0.2) is 12.6 Å². The normalized spacial score (nSPS) is 20.7. The Morgan fingerprint density at radius 2 is 1.78 bits per heavy atom. The Morgan fingerprint density at radius 3 is 2.61 bits per heavy atom. The van der Waals surface area contributed by atoms with Crippen molar-refractivity contribution in [3.63, 3.8) is 0 Å². The molecule has 0 spiro atoms. The zero-order valence-corrected chi connectivity index (χ0v) is 11.1. The van der Waals surface area contributed by atoms with Crippen LogP contribution in [0.2, 0.25) is 0 Å². The largest absolute Gasteiger partial charge is 0.493 e. The van der Waals surface area contributed by atoms with Crippen molar-refractivity contribution in [2.75, 3.05) is 11.9 Å². The lowest BCUT2D eigenvalue weighted by molar-refractivity contribution is 0.357. The van der Waals surface area contributed by atoms with Crippen LogP contribution < -0.4 is 10.1 Å². The third kappa shape index (κ3) is 2.80. The molecule has 1 aliphatic heterocycles. The van der Waals surface area contributed by atoms with Gasteiger partial charge in [0.1, 0.15) is 5.75 Å². The van der Waals surface area contributed by atoms with E-state index in [0.29, 0.717) is 6.04 Å². The van der Waals surface area contributed by atoms with Gasteiger partial charge >= 0.3 is 0 Å². The summed E-state index contributed by atoms with van der Waals surface area (Å²) in [5, 5.41) is 3.72. The number of fused-ring (bicyclic) bond motifs is 1. The first-order chi connectivity index (χ1) is 8.92. The predicted octanol–water partition coefficient (Wildman–Crippen LogP) is 4.15. The maximum Gasteiger partial charge on any atom is 0.122 e. The molecule has 2 aliphatic rings. The van der Waals surface area contributed by atoms with Crippen molar-refractivity contribution in [1.29, 1.82) is 0 Å². The van der Waals surface area contributed by atoms with Crippen LogP contribution in [0.15, 0.2) is 18.2 Å². The number of anilines is 1. The average Bonchev–Trinajstić information content (AvgIpc) is 2.79. The fourth-order valence-corrected chi connectivity index (χ4v) is 3.11. The van der Waals surface area contributed by atoms with Gasteiger partial charge in [-0.1, -0.05) is 32.1 Å². The summed E-state index contributed by atoms with van der Waals surface area (Å²) in [4.78, 5) is 0. The Hall–Kier alpha value is -1.18. The minimum atomic E-state index is 0.672. The van der Waals surface area contributed by atoms with E-state index in [9.17, 15) is 0 Å². The number of benzene rings is 1. The molecule has 2 heteroatoms. The first-order valence-corrected chi connectivity index (χ1v) is 7.44. The molecule has 0 saturated heterocycles. The summed E-state index contributed by atoms with van der Waals surface area (Å²) in [6.07, 6.45) is 10.7. The second-order valence-electron chi connectivity index (χ2n) is 5.61. The van der Waals surface area contributed by atoms with Gasteiger partial charge in [-0.05, 0) is 36.6 Å². The third-order valence-corrected chi connectivity index (χ3v) is 4.17. The van der Waals surface area contributed by atoms with E-state index in [1.54, 1.807) is 0 Å². The SMILES string of the molecule is c1cc2c(cc1NC1CCCCCCC1)CCO2. The second kappa shape index (κ2) is 5.64. The van der Waals surface area contributed by atoms with Crippen LogP contribution in [-0.2, 0) is 6.42 Å². The van der Waals surface area contributed by atoms with Crippen LogP contribution in [0.5, 0.6) is 5.75 Å². The van der Waals surface area contributed by atoms with Crippen LogP contribution in [0.4, 0.5) is 5.69 Å². The molecule has 1 saturated carbocycles. The molecule has 3 rings (SSSR count). The van der Waals surface area contributed by atoms with Gasteiger partial charge in [-0.15, -0.1) is 0 Å². The smallest absolute Gasteiger partial charge is 0.122 e. The summed E-state index contributed by atoms with van der Waals surface area (Å²) >= 11 is 0. The van der Waals surface area contributed by atoms with Gasteiger partial charge in [0.25, 0.3) is 0 Å². The Labute approximate surface area is 110 Å². The molecule has 1 aromatic carbocycles. The molecule has 1 aliphatic carbocycles. The van der Waals surface area contributed by atoms with Crippen LogP contribution in [0.3, 0.4) is 0 Å². The highest BCUT2D eigenvalue weighted by Gasteiger charge is 2.14. The lowest BCUT2D eigenvalue weighted by atomic mass is 9.96. The van der Waals surface area contributed by atoms with Crippen molar-refractivity contribution < 1.29 is 4.74 Å². The molecule has 0 unspecified atom stereocenters. The Kier molecular flexibility index (Phi) is 3.72. The average molecular weight is 245 g/mol. The van der Waals surface area contributed by atoms with Crippen molar-refractivity contribution in [3.8, 4) is 5.75 Å². The van der Waals surface area contributed by atoms with Gasteiger partial charge in [0, 0.05) is 18.2 Å². The van der Waals surface area contributed by atoms with Gasteiger partial charge < -0.3 is 10.1 Å². The number of hydrogen-bond acceptors (Lipinski definition) is 2.